The first-order valence-electron chi connectivity index (χ1n) is 7.50. The van der Waals surface area contributed by atoms with Crippen molar-refractivity contribution in [1.29, 1.82) is 0 Å². The molecule has 4 heteroatoms. The predicted molar refractivity (Wildman–Crippen MR) is 80.8 cm³/mol. The van der Waals surface area contributed by atoms with E-state index < -0.39 is 0 Å². The Labute approximate surface area is 125 Å². The van der Waals surface area contributed by atoms with Crippen LogP contribution in [0.1, 0.15) is 38.2 Å². The molecular formula is C16H23ClFNO. The molecule has 1 aromatic carbocycles. The Balaban J connectivity index is 2.07. The molecule has 0 spiro atoms. The highest BCUT2D eigenvalue weighted by atomic mass is 35.5. The number of benzene rings is 1. The number of hydrogen-bond acceptors (Lipinski definition) is 2. The molecule has 1 aromatic rings. The lowest BCUT2D eigenvalue weighted by Gasteiger charge is -2.31. The van der Waals surface area contributed by atoms with Crippen LogP contribution >= 0.6 is 11.6 Å². The van der Waals surface area contributed by atoms with E-state index in [2.05, 4.69) is 12.2 Å². The van der Waals surface area contributed by atoms with Crippen LogP contribution in [0.25, 0.3) is 0 Å². The van der Waals surface area contributed by atoms with Crippen LogP contribution in [0.2, 0.25) is 5.02 Å². The highest BCUT2D eigenvalue weighted by molar-refractivity contribution is 6.31. The van der Waals surface area contributed by atoms with Gasteiger partial charge in [-0.2, -0.15) is 0 Å². The van der Waals surface area contributed by atoms with Gasteiger partial charge >= 0.3 is 0 Å². The fourth-order valence-corrected chi connectivity index (χ4v) is 2.89. The smallest absolute Gasteiger partial charge is 0.142 e. The highest BCUT2D eigenvalue weighted by Crippen LogP contribution is 2.24. The van der Waals surface area contributed by atoms with Gasteiger partial charge in [-0.25, -0.2) is 4.39 Å². The zero-order valence-corrected chi connectivity index (χ0v) is 12.8. The van der Waals surface area contributed by atoms with Gasteiger partial charge < -0.3 is 10.1 Å². The Morgan fingerprint density at radius 2 is 2.30 bits per heavy atom. The first kappa shape index (κ1) is 15.7. The minimum absolute atomic E-state index is 0.203. The molecule has 0 bridgehead atoms. The summed E-state index contributed by atoms with van der Waals surface area (Å²) in [7, 11) is 0. The quantitative estimate of drug-likeness (QED) is 0.858. The Morgan fingerprint density at radius 1 is 1.45 bits per heavy atom. The first-order valence-corrected chi connectivity index (χ1v) is 7.88. The molecule has 1 N–H and O–H groups in total. The van der Waals surface area contributed by atoms with E-state index in [9.17, 15) is 4.39 Å². The second-order valence-corrected chi connectivity index (χ2v) is 5.76. The first-order chi connectivity index (χ1) is 9.72. The molecule has 0 aromatic heterocycles. The molecule has 112 valence electrons. The molecule has 1 aliphatic rings. The monoisotopic (exact) mass is 299 g/mol. The van der Waals surface area contributed by atoms with Crippen molar-refractivity contribution in [3.05, 3.63) is 34.6 Å². The normalized spacial score (nSPS) is 20.9. The molecule has 1 fully saturated rings. The van der Waals surface area contributed by atoms with E-state index in [-0.39, 0.29) is 23.0 Å². The van der Waals surface area contributed by atoms with Crippen LogP contribution in [-0.2, 0) is 11.2 Å². The minimum atomic E-state index is -0.344. The Hall–Kier alpha value is -0.640. The van der Waals surface area contributed by atoms with Gasteiger partial charge in [0.05, 0.1) is 11.1 Å². The van der Waals surface area contributed by atoms with Gasteiger partial charge in [0.2, 0.25) is 0 Å². The van der Waals surface area contributed by atoms with Gasteiger partial charge in [0.15, 0.2) is 0 Å². The van der Waals surface area contributed by atoms with E-state index in [0.29, 0.717) is 6.42 Å². The summed E-state index contributed by atoms with van der Waals surface area (Å²) in [4.78, 5) is 0. The molecule has 1 saturated heterocycles. The Morgan fingerprint density at radius 3 is 3.00 bits per heavy atom. The topological polar surface area (TPSA) is 21.3 Å². The van der Waals surface area contributed by atoms with Gasteiger partial charge in [0.1, 0.15) is 5.82 Å². The van der Waals surface area contributed by atoms with Gasteiger partial charge in [-0.3, -0.25) is 0 Å². The third-order valence-corrected chi connectivity index (χ3v) is 4.21. The average Bonchev–Trinajstić information content (AvgIpc) is 2.48. The van der Waals surface area contributed by atoms with E-state index in [1.54, 1.807) is 6.07 Å². The van der Waals surface area contributed by atoms with Crippen molar-refractivity contribution < 1.29 is 9.13 Å². The zero-order chi connectivity index (χ0) is 14.4. The maximum Gasteiger partial charge on any atom is 0.142 e. The summed E-state index contributed by atoms with van der Waals surface area (Å²) in [6, 6.07) is 5.22. The van der Waals surface area contributed by atoms with Crippen LogP contribution in [0.4, 0.5) is 4.39 Å². The second-order valence-electron chi connectivity index (χ2n) is 5.38. The number of nitrogens with one attached hydrogen (secondary N) is 1. The molecule has 2 atom stereocenters. The molecule has 1 heterocycles. The molecular weight excluding hydrogens is 277 g/mol. The Bertz CT molecular complexity index is 421. The van der Waals surface area contributed by atoms with E-state index in [1.807, 2.05) is 6.07 Å². The van der Waals surface area contributed by atoms with Crippen molar-refractivity contribution in [2.45, 2.75) is 51.2 Å². The van der Waals surface area contributed by atoms with Crippen LogP contribution < -0.4 is 5.32 Å². The van der Waals surface area contributed by atoms with Crippen molar-refractivity contribution in [1.82, 2.24) is 5.32 Å². The zero-order valence-electron chi connectivity index (χ0n) is 12.0. The van der Waals surface area contributed by atoms with Crippen molar-refractivity contribution in [3.8, 4) is 0 Å². The molecule has 1 aliphatic heterocycles. The SMILES string of the molecule is CCCNC(Cc1cccc(F)c1Cl)C1CCCCO1. The van der Waals surface area contributed by atoms with Crippen LogP contribution in [0.15, 0.2) is 18.2 Å². The summed E-state index contributed by atoms with van der Waals surface area (Å²) in [6.45, 7) is 3.91. The van der Waals surface area contributed by atoms with Crippen molar-refractivity contribution in [3.63, 3.8) is 0 Å². The molecule has 2 nitrogen and oxygen atoms in total. The lowest BCUT2D eigenvalue weighted by molar-refractivity contribution is -0.00738. The van der Waals surface area contributed by atoms with E-state index in [4.69, 9.17) is 16.3 Å². The number of rotatable bonds is 6. The lowest BCUT2D eigenvalue weighted by Crippen LogP contribution is -2.44. The van der Waals surface area contributed by atoms with Crippen LogP contribution in [0.5, 0.6) is 0 Å². The molecule has 0 radical (unpaired) electrons. The van der Waals surface area contributed by atoms with Crippen molar-refractivity contribution in [2.24, 2.45) is 0 Å². The fraction of sp³-hybridized carbons (Fsp3) is 0.625. The van der Waals surface area contributed by atoms with Gasteiger partial charge in [0.25, 0.3) is 0 Å². The van der Waals surface area contributed by atoms with Crippen molar-refractivity contribution in [2.75, 3.05) is 13.2 Å². The molecule has 0 amide bonds. The number of halogens is 2. The van der Waals surface area contributed by atoms with E-state index >= 15 is 0 Å². The van der Waals surface area contributed by atoms with Gasteiger partial charge in [0, 0.05) is 12.6 Å². The average molecular weight is 300 g/mol. The summed E-state index contributed by atoms with van der Waals surface area (Å²) in [5.41, 5.74) is 0.856. The van der Waals surface area contributed by atoms with Crippen LogP contribution in [-0.4, -0.2) is 25.3 Å². The lowest BCUT2D eigenvalue weighted by atomic mass is 9.95. The van der Waals surface area contributed by atoms with Crippen LogP contribution in [0, 0.1) is 5.82 Å². The van der Waals surface area contributed by atoms with Crippen LogP contribution in [0.3, 0.4) is 0 Å². The predicted octanol–water partition coefficient (Wildman–Crippen LogP) is 3.96. The molecule has 0 saturated carbocycles. The summed E-state index contributed by atoms with van der Waals surface area (Å²) >= 11 is 6.07. The maximum absolute atomic E-state index is 13.5. The van der Waals surface area contributed by atoms with Gasteiger partial charge in [-0.1, -0.05) is 30.7 Å². The number of ether oxygens (including phenoxy) is 1. The fourth-order valence-electron chi connectivity index (χ4n) is 2.69. The third-order valence-electron chi connectivity index (χ3n) is 3.79. The number of hydrogen-bond donors (Lipinski definition) is 1. The molecule has 2 unspecified atom stereocenters. The minimum Gasteiger partial charge on any atom is -0.377 e. The highest BCUT2D eigenvalue weighted by Gasteiger charge is 2.25. The van der Waals surface area contributed by atoms with Crippen molar-refractivity contribution >= 4 is 11.6 Å². The summed E-state index contributed by atoms with van der Waals surface area (Å²) in [5.74, 6) is -0.344. The maximum atomic E-state index is 13.5. The summed E-state index contributed by atoms with van der Waals surface area (Å²) in [6.07, 6.45) is 5.38. The third kappa shape index (κ3) is 4.18. The summed E-state index contributed by atoms with van der Waals surface area (Å²) in [5, 5.41) is 3.77. The largest absolute Gasteiger partial charge is 0.377 e. The van der Waals surface area contributed by atoms with E-state index in [0.717, 1.165) is 38.0 Å². The Kier molecular flexibility index (Phi) is 6.27. The summed E-state index contributed by atoms with van der Waals surface area (Å²) < 4.78 is 19.4. The second kappa shape index (κ2) is 7.96. The molecule has 0 aliphatic carbocycles. The molecule has 20 heavy (non-hydrogen) atoms. The standard InChI is InChI=1S/C16H23ClFNO/c1-2-9-19-14(15-8-3-4-10-20-15)11-12-6-5-7-13(18)16(12)17/h5-7,14-15,19H,2-4,8-11H2,1H3. The molecule has 2 rings (SSSR count). The van der Waals surface area contributed by atoms with E-state index in [1.165, 1.54) is 12.5 Å². The van der Waals surface area contributed by atoms with Gasteiger partial charge in [-0.15, -0.1) is 0 Å². The van der Waals surface area contributed by atoms with Gasteiger partial charge in [-0.05, 0) is 50.3 Å².